The highest BCUT2D eigenvalue weighted by Gasteiger charge is 2.28. The zero-order valence-electron chi connectivity index (χ0n) is 59.6. The number of esters is 2. The molecule has 2 aromatic heterocycles. The van der Waals surface area contributed by atoms with Gasteiger partial charge >= 0.3 is 24.0 Å². The molecule has 6 aromatic carbocycles. The summed E-state index contributed by atoms with van der Waals surface area (Å²) in [6.45, 7) is 25.8. The molecule has 0 spiro atoms. The molecule has 11 rings (SSSR count). The largest absolute Gasteiger partial charge is 0.507 e. The minimum atomic E-state index is -1.14. The number of ether oxygens (including phenoxy) is 3. The molecule has 0 atom stereocenters. The lowest BCUT2D eigenvalue weighted by atomic mass is 10.0. The van der Waals surface area contributed by atoms with Gasteiger partial charge in [-0.1, -0.05) is 40.2 Å². The Bertz CT molecular complexity index is 4310. The van der Waals surface area contributed by atoms with Crippen molar-refractivity contribution in [1.29, 1.82) is 0 Å². The summed E-state index contributed by atoms with van der Waals surface area (Å²) in [4.78, 5) is 100. The van der Waals surface area contributed by atoms with Crippen molar-refractivity contribution in [2.45, 2.75) is 151 Å². The number of phenols is 1. The number of halogens is 1. The number of aromatic hydroxyl groups is 1. The quantitative estimate of drug-likeness (QED) is 0.0437. The molecule has 3 amide bonds. The van der Waals surface area contributed by atoms with E-state index in [-0.39, 0.29) is 39.9 Å². The molecule has 0 saturated carbocycles. The molecule has 21 heteroatoms. The topological polar surface area (TPSA) is 254 Å². The molecule has 20 nitrogen and oxygen atoms in total. The second-order valence-electron chi connectivity index (χ2n) is 28.6. The number of carbonyl (C=O) groups excluding carboxylic acids is 6. The Morgan fingerprint density at radius 1 is 0.446 bits per heavy atom. The lowest BCUT2D eigenvalue weighted by molar-refractivity contribution is 0.00580. The molecule has 0 unspecified atom stereocenters. The number of aromatic amines is 1. The number of carboxylic acids is 1. The van der Waals surface area contributed by atoms with Crippen LogP contribution in [0.5, 0.6) is 5.75 Å². The molecule has 3 aliphatic heterocycles. The predicted octanol–water partition coefficient (Wildman–Crippen LogP) is 17.7. The van der Waals surface area contributed by atoms with Gasteiger partial charge < -0.3 is 60.1 Å². The molecule has 5 heterocycles. The lowest BCUT2D eigenvalue weighted by Gasteiger charge is -2.29. The molecule has 6 N–H and O–H groups in total. The average Bonchev–Trinajstić information content (AvgIpc) is 1.78. The van der Waals surface area contributed by atoms with Crippen molar-refractivity contribution in [3.8, 4) is 28.3 Å². The van der Waals surface area contributed by atoms with Crippen LogP contribution in [0.25, 0.3) is 22.5 Å². The van der Waals surface area contributed by atoms with Crippen molar-refractivity contribution < 1.29 is 58.0 Å². The summed E-state index contributed by atoms with van der Waals surface area (Å²) in [6, 6.07) is 39.0. The summed E-state index contributed by atoms with van der Waals surface area (Å²) < 4.78 is 18.9. The number of aromatic carboxylic acids is 1. The fourth-order valence-electron chi connectivity index (χ4n) is 12.1. The van der Waals surface area contributed by atoms with Gasteiger partial charge in [-0.2, -0.15) is 0 Å². The van der Waals surface area contributed by atoms with Crippen LogP contribution >= 0.6 is 15.9 Å². The number of H-pyrrole nitrogens is 1. The number of piperidine rings is 3. The number of hydrogen-bond acceptors (Lipinski definition) is 14. The number of amides is 3. The SMILES string of the molecule is Cc1ccc(N2CCCCC2)cc1C(=O)Nc1cc(-c2cccn2C(=O)OC(C)(C)C)ccc1C(=O)OC(C)(C)C.Cc1ccc(N2CCCCC2)cc1C(=O)Nc1cc(Br)ccc1C(=O)OC(C)(C)C.O=C(Nc1cc(-c2ccc[nH]2)ccc1C(=O)O)c1cc(N2CCCCC2)ccc1O. The molecule has 532 valence electrons. The number of nitrogens with zero attached hydrogens (tertiary/aromatic N) is 4. The molecular formula is C80H93BrN8O12. The van der Waals surface area contributed by atoms with Crippen LogP contribution in [-0.2, 0) is 14.2 Å². The van der Waals surface area contributed by atoms with Crippen molar-refractivity contribution >= 4 is 91.8 Å². The number of anilines is 6. The minimum Gasteiger partial charge on any atom is -0.507 e. The van der Waals surface area contributed by atoms with Crippen LogP contribution in [0.1, 0.15) is 193 Å². The van der Waals surface area contributed by atoms with E-state index >= 15 is 0 Å². The van der Waals surface area contributed by atoms with Gasteiger partial charge in [0, 0.05) is 101 Å². The summed E-state index contributed by atoms with van der Waals surface area (Å²) in [5.41, 5.74) is 8.05. The van der Waals surface area contributed by atoms with E-state index in [4.69, 9.17) is 14.2 Å². The number of aromatic nitrogens is 2. The number of carboxylic acid groups (broad SMARTS) is 1. The summed E-state index contributed by atoms with van der Waals surface area (Å²) in [6.07, 6.45) is 13.3. The van der Waals surface area contributed by atoms with Gasteiger partial charge in [-0.15, -0.1) is 0 Å². The third kappa shape index (κ3) is 20.5. The molecule has 3 aliphatic rings. The molecule has 0 radical (unpaired) electrons. The third-order valence-electron chi connectivity index (χ3n) is 17.1. The second kappa shape index (κ2) is 32.9. The molecule has 101 heavy (non-hydrogen) atoms. The highest BCUT2D eigenvalue weighted by atomic mass is 79.9. The Morgan fingerprint density at radius 3 is 1.33 bits per heavy atom. The van der Waals surface area contributed by atoms with E-state index < -0.39 is 46.7 Å². The maximum atomic E-state index is 13.7. The molecule has 3 fully saturated rings. The second-order valence-corrected chi connectivity index (χ2v) is 29.5. The van der Waals surface area contributed by atoms with E-state index in [1.807, 2.05) is 71.0 Å². The van der Waals surface area contributed by atoms with E-state index in [0.29, 0.717) is 39.3 Å². The van der Waals surface area contributed by atoms with Crippen LogP contribution in [0, 0.1) is 13.8 Å². The van der Waals surface area contributed by atoms with E-state index in [1.54, 1.807) is 127 Å². The van der Waals surface area contributed by atoms with Gasteiger partial charge in [0.25, 0.3) is 17.7 Å². The van der Waals surface area contributed by atoms with E-state index in [2.05, 4.69) is 63.7 Å². The minimum absolute atomic E-state index is 0.0228. The first kappa shape index (κ1) is 75.1. The molecule has 8 aromatic rings. The van der Waals surface area contributed by atoms with Crippen LogP contribution < -0.4 is 30.7 Å². The standard InChI is InChI=1S/C33H41N3O5.C24H29BrN2O3.C23H23N3O4/c1-22-13-15-24(35-17-9-8-10-18-35)21-26(22)29(37)34-27-20-23(14-16-25(27)30(38)40-32(2,3)4)28-12-11-19-36(28)31(39)41-33(5,6)7;1-16-8-10-18(27-12-6-5-7-13-27)15-20(16)22(28)26-21-14-17(25)9-11-19(21)23(29)30-24(2,3)4;27-21-9-7-16(26-11-2-1-3-12-26)14-18(21)22(28)25-20-13-15(19-5-4-10-24-19)6-8-17(20)23(29)30/h11-16,19-21H,8-10,17-18H2,1-7H3,(H,34,37);8-11,14-15H,5-7,12-13H2,1-4H3,(H,26,28);4-10,13-14,24,27H,1-3,11-12H2,(H,25,28)(H,29,30). The number of aryl methyl sites for hydroxylation is 2. The highest BCUT2D eigenvalue weighted by Crippen LogP contribution is 2.34. The summed E-state index contributed by atoms with van der Waals surface area (Å²) in [5.74, 6) is -3.44. The van der Waals surface area contributed by atoms with Crippen LogP contribution in [0.15, 0.2) is 150 Å². The van der Waals surface area contributed by atoms with Crippen LogP contribution in [0.3, 0.4) is 0 Å². The summed E-state index contributed by atoms with van der Waals surface area (Å²) in [7, 11) is 0. The number of benzene rings is 6. The van der Waals surface area contributed by atoms with Crippen molar-refractivity contribution in [2.24, 2.45) is 0 Å². The lowest BCUT2D eigenvalue weighted by Crippen LogP contribution is -2.29. The number of nitrogens with one attached hydrogen (secondary N) is 4. The zero-order chi connectivity index (χ0) is 72.9. The number of rotatable bonds is 14. The van der Waals surface area contributed by atoms with Crippen molar-refractivity contribution in [3.05, 3.63) is 195 Å². The normalized spacial score (nSPS) is 14.0. The van der Waals surface area contributed by atoms with Crippen LogP contribution in [-0.4, -0.2) is 118 Å². The fourth-order valence-corrected chi connectivity index (χ4v) is 12.4. The van der Waals surface area contributed by atoms with Gasteiger partial charge in [-0.3, -0.25) is 19.0 Å². The van der Waals surface area contributed by atoms with Crippen molar-refractivity contribution in [3.63, 3.8) is 0 Å². The smallest absolute Gasteiger partial charge is 0.418 e. The van der Waals surface area contributed by atoms with Gasteiger partial charge in [0.1, 0.15) is 22.6 Å². The van der Waals surface area contributed by atoms with Gasteiger partial charge in [0.15, 0.2) is 0 Å². The van der Waals surface area contributed by atoms with Crippen molar-refractivity contribution in [2.75, 3.05) is 69.9 Å². The van der Waals surface area contributed by atoms with Gasteiger partial charge in [-0.25, -0.2) is 19.2 Å². The van der Waals surface area contributed by atoms with Gasteiger partial charge in [-0.05, 0) is 254 Å². The Labute approximate surface area is 599 Å². The average molecular weight is 1440 g/mol. The number of hydrogen-bond donors (Lipinski definition) is 6. The Morgan fingerprint density at radius 2 is 0.861 bits per heavy atom. The van der Waals surface area contributed by atoms with Gasteiger partial charge in [0.2, 0.25) is 0 Å². The van der Waals surface area contributed by atoms with Crippen LogP contribution in [0.4, 0.5) is 38.9 Å². The Balaban J connectivity index is 0.000000180. The first-order chi connectivity index (χ1) is 47.9. The van der Waals surface area contributed by atoms with E-state index in [0.717, 1.165) is 109 Å². The summed E-state index contributed by atoms with van der Waals surface area (Å²) >= 11 is 3.42. The molecule has 0 bridgehead atoms. The maximum Gasteiger partial charge on any atom is 0.418 e. The Kier molecular flexibility index (Phi) is 24.4. The molecule has 3 saturated heterocycles. The predicted molar refractivity (Wildman–Crippen MR) is 402 cm³/mol. The fraction of sp³-hybridized carbons (Fsp3) is 0.362. The van der Waals surface area contributed by atoms with Crippen LogP contribution in [0.2, 0.25) is 0 Å². The number of carbonyl (C=O) groups is 7. The third-order valence-corrected chi connectivity index (χ3v) is 17.6. The van der Waals surface area contributed by atoms with Gasteiger partial charge in [0.05, 0.1) is 45.0 Å². The van der Waals surface area contributed by atoms with Crippen molar-refractivity contribution in [1.82, 2.24) is 9.55 Å². The zero-order valence-corrected chi connectivity index (χ0v) is 61.2. The first-order valence-corrected chi connectivity index (χ1v) is 35.2. The highest BCUT2D eigenvalue weighted by molar-refractivity contribution is 9.10. The first-order valence-electron chi connectivity index (χ1n) is 34.4. The maximum absolute atomic E-state index is 13.7. The summed E-state index contributed by atoms with van der Waals surface area (Å²) in [5, 5.41) is 28.3. The number of phenolic OH excluding ortho intramolecular Hbond substituents is 1. The monoisotopic (exact) mass is 1440 g/mol. The molecule has 0 aliphatic carbocycles. The van der Waals surface area contributed by atoms with E-state index in [9.17, 15) is 43.8 Å². The Hall–Kier alpha value is -10.2. The van der Waals surface area contributed by atoms with E-state index in [1.165, 1.54) is 48.8 Å². The molecular weight excluding hydrogens is 1340 g/mol.